The minimum Gasteiger partial charge on any atom is -0.345 e. The van der Waals surface area contributed by atoms with Gasteiger partial charge in [0.15, 0.2) is 0 Å². The summed E-state index contributed by atoms with van der Waals surface area (Å²) in [6.45, 7) is 3.78. The zero-order chi connectivity index (χ0) is 27.3. The zero-order valence-corrected chi connectivity index (χ0v) is 22.2. The molecular weight excluding hydrogens is 498 g/mol. The Hall–Kier alpha value is -4.43. The van der Waals surface area contributed by atoms with Crippen LogP contribution < -0.4 is 14.9 Å². The second kappa shape index (κ2) is 11.3. The first-order valence-electron chi connectivity index (χ1n) is 12.1. The third-order valence-electron chi connectivity index (χ3n) is 6.24. The van der Waals surface area contributed by atoms with Gasteiger partial charge < -0.3 is 10.6 Å². The number of carbonyl (C=O) groups is 2. The van der Waals surface area contributed by atoms with Crippen LogP contribution >= 0.6 is 0 Å². The summed E-state index contributed by atoms with van der Waals surface area (Å²) in [6.07, 6.45) is 0. The summed E-state index contributed by atoms with van der Waals surface area (Å²) in [5.74, 6) is -0.729. The highest BCUT2D eigenvalue weighted by molar-refractivity contribution is 7.92. The van der Waals surface area contributed by atoms with E-state index in [1.807, 2.05) is 44.2 Å². The molecule has 0 aromatic heterocycles. The Labute approximate surface area is 223 Å². The van der Waals surface area contributed by atoms with Gasteiger partial charge in [0, 0.05) is 12.6 Å². The first-order valence-corrected chi connectivity index (χ1v) is 13.5. The number of sulfonamides is 1. The number of nitrogens with one attached hydrogen (secondary N) is 2. The van der Waals surface area contributed by atoms with E-state index in [1.165, 1.54) is 11.4 Å². The summed E-state index contributed by atoms with van der Waals surface area (Å²) >= 11 is 0. The monoisotopic (exact) mass is 527 g/mol. The van der Waals surface area contributed by atoms with Crippen molar-refractivity contribution in [3.8, 4) is 0 Å². The number of nitrogens with zero attached hydrogens (tertiary/aromatic N) is 1. The fraction of sp³-hybridized carbons (Fsp3) is 0.133. The topological polar surface area (TPSA) is 95.6 Å². The van der Waals surface area contributed by atoms with E-state index >= 15 is 0 Å². The molecule has 4 rings (SSSR count). The van der Waals surface area contributed by atoms with E-state index in [0.717, 1.165) is 11.1 Å². The summed E-state index contributed by atoms with van der Waals surface area (Å²) in [4.78, 5) is 26.2. The van der Waals surface area contributed by atoms with Crippen molar-refractivity contribution >= 4 is 33.2 Å². The lowest BCUT2D eigenvalue weighted by Crippen LogP contribution is -2.28. The molecule has 0 aliphatic carbocycles. The highest BCUT2D eigenvalue weighted by Gasteiger charge is 2.22. The standard InChI is InChI=1S/C30H29N3O4S/c1-21-13-19-26(20-14-21)38(36,37)33(3)25-17-15-24(16-18-25)29(34)32-28-12-8-7-11-27(28)30(35)31-22(2)23-9-5-4-6-10-23/h4-20,22H,1-3H3,(H,31,35)(H,32,34)/t22-/m0/s1. The van der Waals surface area contributed by atoms with Crippen molar-refractivity contribution in [2.45, 2.75) is 24.8 Å². The number of aryl methyl sites for hydroxylation is 1. The number of amides is 2. The Kier molecular flexibility index (Phi) is 7.93. The Balaban J connectivity index is 1.47. The van der Waals surface area contributed by atoms with E-state index in [4.69, 9.17) is 0 Å². The molecule has 2 N–H and O–H groups in total. The number of carbonyl (C=O) groups excluding carboxylic acids is 2. The van der Waals surface area contributed by atoms with Gasteiger partial charge in [-0.1, -0.05) is 60.2 Å². The molecule has 0 bridgehead atoms. The highest BCUT2D eigenvalue weighted by Crippen LogP contribution is 2.24. The van der Waals surface area contributed by atoms with Gasteiger partial charge in [-0.05, 0) is 67.9 Å². The molecule has 1 atom stereocenters. The fourth-order valence-electron chi connectivity index (χ4n) is 3.91. The third kappa shape index (κ3) is 5.92. The molecule has 8 heteroatoms. The van der Waals surface area contributed by atoms with Crippen molar-refractivity contribution < 1.29 is 18.0 Å². The van der Waals surface area contributed by atoms with Gasteiger partial charge in [0.25, 0.3) is 21.8 Å². The second-order valence-corrected chi connectivity index (χ2v) is 10.9. The summed E-state index contributed by atoms with van der Waals surface area (Å²) < 4.78 is 27.1. The van der Waals surface area contributed by atoms with Crippen LogP contribution in [0.15, 0.2) is 108 Å². The predicted octanol–water partition coefficient (Wildman–Crippen LogP) is 5.56. The molecule has 0 unspecified atom stereocenters. The largest absolute Gasteiger partial charge is 0.345 e. The number of para-hydroxylation sites is 1. The molecule has 0 saturated heterocycles. The minimum atomic E-state index is -3.75. The van der Waals surface area contributed by atoms with Gasteiger partial charge in [-0.2, -0.15) is 0 Å². The van der Waals surface area contributed by atoms with Crippen LogP contribution in [-0.2, 0) is 10.0 Å². The summed E-state index contributed by atoms with van der Waals surface area (Å²) in [7, 11) is -2.28. The quantitative estimate of drug-likeness (QED) is 0.313. The maximum atomic E-state index is 13.0. The van der Waals surface area contributed by atoms with Crippen LogP contribution in [0.4, 0.5) is 11.4 Å². The SMILES string of the molecule is Cc1ccc(S(=O)(=O)N(C)c2ccc(C(=O)Nc3ccccc3C(=O)N[C@@H](C)c3ccccc3)cc2)cc1. The number of benzene rings is 4. The smallest absolute Gasteiger partial charge is 0.264 e. The average Bonchev–Trinajstić information content (AvgIpc) is 2.93. The zero-order valence-electron chi connectivity index (χ0n) is 21.4. The third-order valence-corrected chi connectivity index (χ3v) is 8.04. The second-order valence-electron chi connectivity index (χ2n) is 8.94. The van der Waals surface area contributed by atoms with Crippen LogP contribution in [0, 0.1) is 6.92 Å². The Bertz CT molecular complexity index is 1530. The van der Waals surface area contributed by atoms with Crippen molar-refractivity contribution in [1.82, 2.24) is 5.32 Å². The van der Waals surface area contributed by atoms with Gasteiger partial charge in [-0.3, -0.25) is 13.9 Å². The lowest BCUT2D eigenvalue weighted by Gasteiger charge is -2.20. The summed E-state index contributed by atoms with van der Waals surface area (Å²) in [6, 6.07) is 29.0. The normalized spacial score (nSPS) is 11.9. The van der Waals surface area contributed by atoms with Gasteiger partial charge in [0.1, 0.15) is 0 Å². The molecule has 0 radical (unpaired) electrons. The van der Waals surface area contributed by atoms with Crippen molar-refractivity contribution in [1.29, 1.82) is 0 Å². The minimum absolute atomic E-state index is 0.184. The molecular formula is C30H29N3O4S. The molecule has 2 amide bonds. The van der Waals surface area contributed by atoms with E-state index < -0.39 is 15.9 Å². The fourth-order valence-corrected chi connectivity index (χ4v) is 5.11. The molecule has 38 heavy (non-hydrogen) atoms. The average molecular weight is 528 g/mol. The Morgan fingerprint density at radius 3 is 2.03 bits per heavy atom. The molecule has 0 fully saturated rings. The van der Waals surface area contributed by atoms with E-state index in [9.17, 15) is 18.0 Å². The number of hydrogen-bond acceptors (Lipinski definition) is 4. The first-order chi connectivity index (χ1) is 18.2. The molecule has 0 heterocycles. The van der Waals surface area contributed by atoms with E-state index in [2.05, 4.69) is 10.6 Å². The predicted molar refractivity (Wildman–Crippen MR) is 150 cm³/mol. The van der Waals surface area contributed by atoms with Crippen LogP contribution in [0.1, 0.15) is 44.8 Å². The molecule has 0 spiro atoms. The van der Waals surface area contributed by atoms with Gasteiger partial charge in [0.2, 0.25) is 0 Å². The molecule has 7 nitrogen and oxygen atoms in total. The lowest BCUT2D eigenvalue weighted by molar-refractivity contribution is 0.0940. The molecule has 4 aromatic carbocycles. The van der Waals surface area contributed by atoms with Crippen molar-refractivity contribution in [2.24, 2.45) is 0 Å². The summed E-state index contributed by atoms with van der Waals surface area (Å²) in [5, 5.41) is 5.76. The van der Waals surface area contributed by atoms with E-state index in [1.54, 1.807) is 72.8 Å². The Morgan fingerprint density at radius 2 is 1.37 bits per heavy atom. The first kappa shape index (κ1) is 26.6. The number of anilines is 2. The van der Waals surface area contributed by atoms with Crippen LogP contribution in [0.25, 0.3) is 0 Å². The van der Waals surface area contributed by atoms with Crippen molar-refractivity contribution in [3.63, 3.8) is 0 Å². The Morgan fingerprint density at radius 1 is 0.763 bits per heavy atom. The maximum absolute atomic E-state index is 13.0. The van der Waals surface area contributed by atoms with Gasteiger partial charge in [-0.15, -0.1) is 0 Å². The number of hydrogen-bond donors (Lipinski definition) is 2. The maximum Gasteiger partial charge on any atom is 0.264 e. The van der Waals surface area contributed by atoms with Gasteiger partial charge in [-0.25, -0.2) is 8.42 Å². The molecule has 194 valence electrons. The summed E-state index contributed by atoms with van der Waals surface area (Å²) in [5.41, 5.74) is 3.38. The van der Waals surface area contributed by atoms with Gasteiger partial charge in [0.05, 0.1) is 27.9 Å². The van der Waals surface area contributed by atoms with Crippen molar-refractivity contribution in [2.75, 3.05) is 16.7 Å². The molecule has 0 saturated carbocycles. The molecule has 4 aromatic rings. The van der Waals surface area contributed by atoms with E-state index in [-0.39, 0.29) is 16.8 Å². The van der Waals surface area contributed by atoms with Crippen LogP contribution in [0.3, 0.4) is 0 Å². The van der Waals surface area contributed by atoms with Crippen LogP contribution in [0.2, 0.25) is 0 Å². The van der Waals surface area contributed by atoms with Crippen LogP contribution in [-0.4, -0.2) is 27.3 Å². The van der Waals surface area contributed by atoms with Crippen LogP contribution in [0.5, 0.6) is 0 Å². The lowest BCUT2D eigenvalue weighted by atomic mass is 10.1. The van der Waals surface area contributed by atoms with E-state index in [0.29, 0.717) is 22.5 Å². The molecule has 0 aliphatic rings. The number of rotatable bonds is 8. The van der Waals surface area contributed by atoms with Crippen molar-refractivity contribution in [3.05, 3.63) is 125 Å². The highest BCUT2D eigenvalue weighted by atomic mass is 32.2. The molecule has 0 aliphatic heterocycles. The van der Waals surface area contributed by atoms with Gasteiger partial charge >= 0.3 is 0 Å².